The van der Waals surface area contributed by atoms with Crippen LogP contribution in [0.5, 0.6) is 0 Å². The largest absolute Gasteiger partial charge is 0.347 e. The first-order valence-corrected chi connectivity index (χ1v) is 11.4. The minimum absolute atomic E-state index is 0.270. The van der Waals surface area contributed by atoms with Crippen molar-refractivity contribution < 1.29 is 4.79 Å². The monoisotopic (exact) mass is 479 g/mol. The summed E-state index contributed by atoms with van der Waals surface area (Å²) in [6, 6.07) is 13.1. The molecule has 5 aromatic rings. The van der Waals surface area contributed by atoms with Crippen molar-refractivity contribution in [2.45, 2.75) is 27.3 Å². The van der Waals surface area contributed by atoms with E-state index < -0.39 is 0 Å². The number of anilines is 2. The first-order chi connectivity index (χ1) is 17.4. The molecule has 0 aromatic carbocycles. The SMILES string of the molecule is Cc1ccn(-c2ccc(CNC(=O)c3ccc(-c4nc(C)cc(Nc5cc(C)[nH]n5)n4)cn3)cn2)c1. The molecule has 10 nitrogen and oxygen atoms in total. The third-order valence-electron chi connectivity index (χ3n) is 5.44. The number of carbonyl (C=O) groups excluding carboxylic acids is 1. The van der Waals surface area contributed by atoms with Gasteiger partial charge in [0.25, 0.3) is 5.91 Å². The molecule has 1 amide bonds. The lowest BCUT2D eigenvalue weighted by atomic mass is 10.2. The van der Waals surface area contributed by atoms with Gasteiger partial charge in [-0.3, -0.25) is 14.9 Å². The molecule has 0 unspecified atom stereocenters. The van der Waals surface area contributed by atoms with Crippen LogP contribution in [0.1, 0.15) is 33.0 Å². The number of aromatic amines is 1. The zero-order valence-electron chi connectivity index (χ0n) is 20.1. The molecule has 10 heteroatoms. The summed E-state index contributed by atoms with van der Waals surface area (Å²) < 4.78 is 1.96. The zero-order valence-corrected chi connectivity index (χ0v) is 20.1. The van der Waals surface area contributed by atoms with E-state index in [1.807, 2.05) is 68.1 Å². The summed E-state index contributed by atoms with van der Waals surface area (Å²) in [5, 5.41) is 13.1. The summed E-state index contributed by atoms with van der Waals surface area (Å²) in [6.45, 7) is 6.20. The fourth-order valence-electron chi connectivity index (χ4n) is 3.63. The maximum absolute atomic E-state index is 12.6. The van der Waals surface area contributed by atoms with Crippen LogP contribution < -0.4 is 10.6 Å². The van der Waals surface area contributed by atoms with Crippen LogP contribution in [0.3, 0.4) is 0 Å². The molecule has 0 saturated heterocycles. The second kappa shape index (κ2) is 9.79. The molecule has 0 aliphatic heterocycles. The molecular weight excluding hydrogens is 454 g/mol. The normalized spacial score (nSPS) is 10.9. The Labute approximate surface area is 207 Å². The van der Waals surface area contributed by atoms with E-state index in [0.717, 1.165) is 22.8 Å². The van der Waals surface area contributed by atoms with E-state index in [9.17, 15) is 4.79 Å². The van der Waals surface area contributed by atoms with Gasteiger partial charge >= 0.3 is 0 Å². The summed E-state index contributed by atoms with van der Waals surface area (Å²) >= 11 is 0. The van der Waals surface area contributed by atoms with Crippen molar-refractivity contribution in [1.29, 1.82) is 0 Å². The molecule has 5 heterocycles. The summed E-state index contributed by atoms with van der Waals surface area (Å²) in [5.74, 6) is 2.36. The topological polar surface area (TPSA) is 126 Å². The third-order valence-corrected chi connectivity index (χ3v) is 5.44. The smallest absolute Gasteiger partial charge is 0.270 e. The van der Waals surface area contributed by atoms with Crippen molar-refractivity contribution in [2.24, 2.45) is 0 Å². The zero-order chi connectivity index (χ0) is 25.1. The van der Waals surface area contributed by atoms with E-state index in [-0.39, 0.29) is 5.91 Å². The van der Waals surface area contributed by atoms with Gasteiger partial charge < -0.3 is 15.2 Å². The van der Waals surface area contributed by atoms with E-state index in [4.69, 9.17) is 0 Å². The maximum atomic E-state index is 12.6. The molecule has 180 valence electrons. The predicted molar refractivity (Wildman–Crippen MR) is 136 cm³/mol. The average Bonchev–Trinajstić information content (AvgIpc) is 3.50. The van der Waals surface area contributed by atoms with Crippen molar-refractivity contribution >= 4 is 17.5 Å². The van der Waals surface area contributed by atoms with Crippen LogP contribution in [-0.4, -0.2) is 40.6 Å². The Morgan fingerprint density at radius 3 is 2.53 bits per heavy atom. The van der Waals surface area contributed by atoms with E-state index in [1.165, 1.54) is 5.56 Å². The molecule has 36 heavy (non-hydrogen) atoms. The fourth-order valence-corrected chi connectivity index (χ4v) is 3.63. The van der Waals surface area contributed by atoms with Gasteiger partial charge in [-0.25, -0.2) is 15.0 Å². The molecule has 0 saturated carbocycles. The molecule has 0 bridgehead atoms. The van der Waals surface area contributed by atoms with Gasteiger partial charge in [-0.05, 0) is 56.2 Å². The van der Waals surface area contributed by atoms with Gasteiger partial charge in [0, 0.05) is 60.4 Å². The summed E-state index contributed by atoms with van der Waals surface area (Å²) in [4.78, 5) is 30.5. The first-order valence-electron chi connectivity index (χ1n) is 11.4. The molecule has 0 aliphatic carbocycles. The van der Waals surface area contributed by atoms with Gasteiger partial charge in [0.15, 0.2) is 11.6 Å². The summed E-state index contributed by atoms with van der Waals surface area (Å²) in [5.41, 5.74) is 4.82. The summed E-state index contributed by atoms with van der Waals surface area (Å²) in [7, 11) is 0. The Kier molecular flexibility index (Phi) is 6.23. The predicted octanol–water partition coefficient (Wildman–Crippen LogP) is 4.05. The van der Waals surface area contributed by atoms with Crippen LogP contribution in [0.2, 0.25) is 0 Å². The van der Waals surface area contributed by atoms with Crippen molar-refractivity contribution in [3.05, 3.63) is 95.5 Å². The van der Waals surface area contributed by atoms with Gasteiger partial charge in [0.05, 0.1) is 0 Å². The van der Waals surface area contributed by atoms with E-state index in [0.29, 0.717) is 35.3 Å². The lowest BCUT2D eigenvalue weighted by molar-refractivity contribution is 0.0946. The first kappa shape index (κ1) is 22.9. The van der Waals surface area contributed by atoms with E-state index in [2.05, 4.69) is 40.8 Å². The molecule has 0 atom stereocenters. The Balaban J connectivity index is 1.22. The van der Waals surface area contributed by atoms with Crippen molar-refractivity contribution in [3.8, 4) is 17.2 Å². The van der Waals surface area contributed by atoms with Gasteiger partial charge in [0.2, 0.25) is 0 Å². The van der Waals surface area contributed by atoms with Crippen LogP contribution in [0.25, 0.3) is 17.2 Å². The van der Waals surface area contributed by atoms with Crippen molar-refractivity contribution in [3.63, 3.8) is 0 Å². The highest BCUT2D eigenvalue weighted by Gasteiger charge is 2.11. The van der Waals surface area contributed by atoms with Gasteiger partial charge in [0.1, 0.15) is 17.3 Å². The Bertz CT molecular complexity index is 1500. The molecule has 0 aliphatic rings. The van der Waals surface area contributed by atoms with Crippen LogP contribution >= 0.6 is 0 Å². The van der Waals surface area contributed by atoms with Gasteiger partial charge in [-0.2, -0.15) is 5.10 Å². The fraction of sp³-hybridized carbons (Fsp3) is 0.154. The number of nitrogens with one attached hydrogen (secondary N) is 3. The number of pyridine rings is 2. The molecule has 0 radical (unpaired) electrons. The highest BCUT2D eigenvalue weighted by Crippen LogP contribution is 2.20. The molecule has 5 rings (SSSR count). The standard InChI is InChI=1S/C26H25N9O/c1-16-8-9-35(15-16)24-7-4-19(12-28-24)13-29-26(36)21-6-5-20(14-27-21)25-30-17(2)10-22(32-25)31-23-11-18(3)33-34-23/h4-12,14-15H,13H2,1-3H3,(H,29,36)(H2,30,31,32,33,34). The molecule has 0 spiro atoms. The van der Waals surface area contributed by atoms with Gasteiger partial charge in [-0.1, -0.05) is 6.07 Å². The number of amides is 1. The van der Waals surface area contributed by atoms with Crippen LogP contribution in [0.4, 0.5) is 11.6 Å². The average molecular weight is 480 g/mol. The molecule has 5 aromatic heterocycles. The number of hydrogen-bond acceptors (Lipinski definition) is 7. The van der Waals surface area contributed by atoms with Crippen LogP contribution in [-0.2, 0) is 6.54 Å². The van der Waals surface area contributed by atoms with Gasteiger partial charge in [-0.15, -0.1) is 0 Å². The second-order valence-electron chi connectivity index (χ2n) is 8.51. The summed E-state index contributed by atoms with van der Waals surface area (Å²) in [6.07, 6.45) is 7.33. The molecule has 3 N–H and O–H groups in total. The minimum Gasteiger partial charge on any atom is -0.347 e. The number of carbonyl (C=O) groups is 1. The Morgan fingerprint density at radius 2 is 1.86 bits per heavy atom. The van der Waals surface area contributed by atoms with Crippen LogP contribution in [0, 0.1) is 20.8 Å². The number of aromatic nitrogens is 7. The second-order valence-corrected chi connectivity index (χ2v) is 8.51. The van der Waals surface area contributed by atoms with E-state index >= 15 is 0 Å². The number of aryl methyl sites for hydroxylation is 3. The highest BCUT2D eigenvalue weighted by atomic mass is 16.1. The minimum atomic E-state index is -0.270. The highest BCUT2D eigenvalue weighted by molar-refractivity contribution is 5.92. The molecular formula is C26H25N9O. The number of H-pyrrole nitrogens is 1. The number of rotatable bonds is 7. The Morgan fingerprint density at radius 1 is 0.972 bits per heavy atom. The number of nitrogens with zero attached hydrogens (tertiary/aromatic N) is 6. The number of hydrogen-bond donors (Lipinski definition) is 3. The maximum Gasteiger partial charge on any atom is 0.270 e. The Hall–Kier alpha value is -4.86. The van der Waals surface area contributed by atoms with Crippen LogP contribution in [0.15, 0.2) is 67.3 Å². The van der Waals surface area contributed by atoms with E-state index in [1.54, 1.807) is 24.5 Å². The molecule has 0 fully saturated rings. The van der Waals surface area contributed by atoms with Crippen molar-refractivity contribution in [1.82, 2.24) is 40.0 Å². The third kappa shape index (κ3) is 5.27. The lowest BCUT2D eigenvalue weighted by Gasteiger charge is -2.08. The van der Waals surface area contributed by atoms with Crippen molar-refractivity contribution in [2.75, 3.05) is 5.32 Å². The lowest BCUT2D eigenvalue weighted by Crippen LogP contribution is -2.23. The quantitative estimate of drug-likeness (QED) is 0.321.